The molecule has 0 spiro atoms. The number of phenolic OH excluding ortho intramolecular Hbond substituents is 1. The largest absolute Gasteiger partial charge is 0.508 e. The lowest BCUT2D eigenvalue weighted by Crippen LogP contribution is -2.39. The second-order valence-electron chi connectivity index (χ2n) is 8.83. The minimum atomic E-state index is -0.952. The number of benzene rings is 2. The van der Waals surface area contributed by atoms with Crippen LogP contribution in [0.25, 0.3) is 0 Å². The Hall–Kier alpha value is -1.88. The number of hydrogen-bond acceptors (Lipinski definition) is 4. The zero-order valence-electron chi connectivity index (χ0n) is 15.9. The average Bonchev–Trinajstić information content (AvgIpc) is 3.09. The lowest BCUT2D eigenvalue weighted by Gasteiger charge is -2.31. The Bertz CT molecular complexity index is 758. The first-order valence-electron chi connectivity index (χ1n) is 9.84. The van der Waals surface area contributed by atoms with Crippen LogP contribution in [-0.4, -0.2) is 45.5 Å². The molecule has 0 aromatic heterocycles. The van der Waals surface area contributed by atoms with Gasteiger partial charge in [0.2, 0.25) is 0 Å². The van der Waals surface area contributed by atoms with Gasteiger partial charge in [-0.05, 0) is 54.9 Å². The lowest BCUT2D eigenvalue weighted by atomic mass is 9.91. The summed E-state index contributed by atoms with van der Waals surface area (Å²) in [7, 11) is 0. The molecule has 4 atom stereocenters. The van der Waals surface area contributed by atoms with Crippen LogP contribution < -0.4 is 0 Å². The predicted octanol–water partition coefficient (Wildman–Crippen LogP) is 2.92. The highest BCUT2D eigenvalue weighted by atomic mass is 16.3. The smallest absolute Gasteiger partial charge is 0.115 e. The summed E-state index contributed by atoms with van der Waals surface area (Å²) >= 11 is 0. The highest BCUT2D eigenvalue weighted by Gasteiger charge is 2.48. The van der Waals surface area contributed by atoms with Crippen molar-refractivity contribution < 1.29 is 15.3 Å². The first kappa shape index (κ1) is 18.5. The van der Waals surface area contributed by atoms with E-state index in [9.17, 15) is 15.3 Å². The van der Waals surface area contributed by atoms with Crippen molar-refractivity contribution in [3.8, 4) is 5.75 Å². The maximum absolute atomic E-state index is 11.1. The Labute approximate surface area is 161 Å². The second-order valence-corrected chi connectivity index (χ2v) is 8.83. The monoisotopic (exact) mass is 367 g/mol. The van der Waals surface area contributed by atoms with Crippen molar-refractivity contribution in [1.29, 1.82) is 0 Å². The van der Waals surface area contributed by atoms with Crippen LogP contribution in [0.15, 0.2) is 54.6 Å². The minimum absolute atomic E-state index is 0.211. The van der Waals surface area contributed by atoms with Crippen LogP contribution >= 0.6 is 0 Å². The van der Waals surface area contributed by atoms with Crippen LogP contribution in [0.1, 0.15) is 30.9 Å². The lowest BCUT2D eigenvalue weighted by molar-refractivity contribution is 0.00983. The van der Waals surface area contributed by atoms with Gasteiger partial charge in [-0.2, -0.15) is 0 Å². The van der Waals surface area contributed by atoms with Gasteiger partial charge in [-0.1, -0.05) is 42.5 Å². The summed E-state index contributed by atoms with van der Waals surface area (Å²) < 4.78 is 0. The van der Waals surface area contributed by atoms with Gasteiger partial charge in [0.25, 0.3) is 0 Å². The minimum Gasteiger partial charge on any atom is -0.508 e. The standard InChI is InChI=1S/C23H29NO3/c1-22(26,20-7-9-21(25)10-8-20)16-24-14-18-12-23(27,13-19(18)15-24)11-17-5-3-2-4-6-17/h2-10,18-19,25-27H,11-16H2,1H3/t18-,19?,22?,23-/m1/s1. The molecule has 1 saturated carbocycles. The van der Waals surface area contributed by atoms with E-state index in [2.05, 4.69) is 17.0 Å². The Morgan fingerprint density at radius 3 is 2.19 bits per heavy atom. The highest BCUT2D eigenvalue weighted by Crippen LogP contribution is 2.45. The number of aromatic hydroxyl groups is 1. The van der Waals surface area contributed by atoms with Crippen LogP contribution in [0.5, 0.6) is 5.75 Å². The molecule has 4 rings (SSSR count). The summed E-state index contributed by atoms with van der Waals surface area (Å²) in [6.45, 7) is 4.26. The molecule has 1 aliphatic heterocycles. The summed E-state index contributed by atoms with van der Waals surface area (Å²) in [4.78, 5) is 2.32. The molecule has 3 N–H and O–H groups in total. The molecule has 0 amide bonds. The maximum Gasteiger partial charge on any atom is 0.115 e. The number of phenols is 1. The molecule has 2 unspecified atom stereocenters. The van der Waals surface area contributed by atoms with E-state index in [0.29, 0.717) is 18.4 Å². The van der Waals surface area contributed by atoms with Crippen molar-refractivity contribution in [2.45, 2.75) is 37.4 Å². The third-order valence-corrected chi connectivity index (χ3v) is 6.33. The number of likely N-dealkylation sites (tertiary alicyclic amines) is 1. The van der Waals surface area contributed by atoms with Crippen LogP contribution in [0.3, 0.4) is 0 Å². The van der Waals surface area contributed by atoms with E-state index in [1.165, 1.54) is 5.56 Å². The quantitative estimate of drug-likeness (QED) is 0.760. The zero-order valence-corrected chi connectivity index (χ0v) is 15.9. The van der Waals surface area contributed by atoms with E-state index in [0.717, 1.165) is 37.9 Å². The normalized spacial score (nSPS) is 30.2. The Balaban J connectivity index is 1.36. The topological polar surface area (TPSA) is 63.9 Å². The fourth-order valence-electron chi connectivity index (χ4n) is 5.15. The Morgan fingerprint density at radius 1 is 1.00 bits per heavy atom. The van der Waals surface area contributed by atoms with Crippen molar-refractivity contribution in [3.05, 3.63) is 65.7 Å². The van der Waals surface area contributed by atoms with Crippen LogP contribution in [0, 0.1) is 11.8 Å². The highest BCUT2D eigenvalue weighted by molar-refractivity contribution is 5.30. The van der Waals surface area contributed by atoms with Crippen LogP contribution in [-0.2, 0) is 12.0 Å². The average molecular weight is 367 g/mol. The number of aliphatic hydroxyl groups is 2. The van der Waals surface area contributed by atoms with Crippen LogP contribution in [0.4, 0.5) is 0 Å². The molecule has 2 fully saturated rings. The zero-order chi connectivity index (χ0) is 19.1. The third kappa shape index (κ3) is 4.03. The summed E-state index contributed by atoms with van der Waals surface area (Å²) in [6.07, 6.45) is 2.40. The van der Waals surface area contributed by atoms with Gasteiger partial charge in [0, 0.05) is 26.1 Å². The van der Waals surface area contributed by atoms with E-state index in [4.69, 9.17) is 0 Å². The van der Waals surface area contributed by atoms with Crippen molar-refractivity contribution in [2.75, 3.05) is 19.6 Å². The fraction of sp³-hybridized carbons (Fsp3) is 0.478. The van der Waals surface area contributed by atoms with Crippen molar-refractivity contribution in [2.24, 2.45) is 11.8 Å². The molecular weight excluding hydrogens is 338 g/mol. The molecule has 2 aliphatic rings. The first-order valence-corrected chi connectivity index (χ1v) is 9.84. The summed E-state index contributed by atoms with van der Waals surface area (Å²) in [6, 6.07) is 17.0. The maximum atomic E-state index is 11.1. The SMILES string of the molecule is CC(O)(CN1CC2C[C@@](O)(Cc3ccccc3)C[C@@H]2C1)c1ccc(O)cc1. The molecule has 27 heavy (non-hydrogen) atoms. The number of fused-ring (bicyclic) bond motifs is 1. The van der Waals surface area contributed by atoms with E-state index < -0.39 is 11.2 Å². The Kier molecular flexibility index (Phi) is 4.75. The summed E-state index contributed by atoms with van der Waals surface area (Å²) in [5.41, 5.74) is 0.472. The van der Waals surface area contributed by atoms with Crippen molar-refractivity contribution >= 4 is 0 Å². The number of rotatable bonds is 5. The van der Waals surface area contributed by atoms with Gasteiger partial charge in [-0.3, -0.25) is 4.90 Å². The predicted molar refractivity (Wildman–Crippen MR) is 105 cm³/mol. The molecule has 144 valence electrons. The third-order valence-electron chi connectivity index (χ3n) is 6.33. The van der Waals surface area contributed by atoms with Crippen molar-refractivity contribution in [1.82, 2.24) is 4.90 Å². The second kappa shape index (κ2) is 6.93. The molecule has 0 radical (unpaired) electrons. The van der Waals surface area contributed by atoms with Gasteiger partial charge in [0.15, 0.2) is 0 Å². The van der Waals surface area contributed by atoms with Gasteiger partial charge in [-0.15, -0.1) is 0 Å². The van der Waals surface area contributed by atoms with Gasteiger partial charge >= 0.3 is 0 Å². The number of hydrogen-bond donors (Lipinski definition) is 3. The van der Waals surface area contributed by atoms with E-state index in [1.54, 1.807) is 24.3 Å². The number of nitrogens with zero attached hydrogens (tertiary/aromatic N) is 1. The molecule has 2 aromatic carbocycles. The van der Waals surface area contributed by atoms with Gasteiger partial charge in [0.1, 0.15) is 5.75 Å². The summed E-state index contributed by atoms with van der Waals surface area (Å²) in [5.74, 6) is 1.20. The summed E-state index contributed by atoms with van der Waals surface area (Å²) in [5, 5.41) is 31.5. The van der Waals surface area contributed by atoms with Gasteiger partial charge < -0.3 is 15.3 Å². The van der Waals surface area contributed by atoms with Crippen molar-refractivity contribution in [3.63, 3.8) is 0 Å². The van der Waals surface area contributed by atoms with Gasteiger partial charge in [-0.25, -0.2) is 0 Å². The van der Waals surface area contributed by atoms with E-state index in [1.807, 2.05) is 25.1 Å². The fourth-order valence-corrected chi connectivity index (χ4v) is 5.15. The first-order chi connectivity index (χ1) is 12.8. The molecule has 4 nitrogen and oxygen atoms in total. The molecule has 1 aliphatic carbocycles. The van der Waals surface area contributed by atoms with Crippen LogP contribution in [0.2, 0.25) is 0 Å². The molecular formula is C23H29NO3. The molecule has 2 aromatic rings. The van der Waals surface area contributed by atoms with E-state index >= 15 is 0 Å². The molecule has 4 heteroatoms. The molecule has 1 heterocycles. The Morgan fingerprint density at radius 2 is 1.59 bits per heavy atom. The molecule has 1 saturated heterocycles. The number of β-amino-alcohol motifs (C(OH)–C–C–N with tert-alkyl or cyclic N) is 1. The molecule has 0 bridgehead atoms. The van der Waals surface area contributed by atoms with E-state index in [-0.39, 0.29) is 5.75 Å². The van der Waals surface area contributed by atoms with Gasteiger partial charge in [0.05, 0.1) is 11.2 Å².